The van der Waals surface area contributed by atoms with Crippen molar-refractivity contribution in [2.45, 2.75) is 19.6 Å². The van der Waals surface area contributed by atoms with Crippen LogP contribution in [0.4, 0.5) is 4.79 Å². The molecule has 0 radical (unpaired) electrons. The highest BCUT2D eigenvalue weighted by molar-refractivity contribution is 5.83. The minimum atomic E-state index is -0.978. The number of primary amides is 1. The molecule has 5 nitrogen and oxygen atoms in total. The molecule has 5 heteroatoms. The predicted molar refractivity (Wildman–Crippen MR) is 61.2 cm³/mol. The van der Waals surface area contributed by atoms with Crippen molar-refractivity contribution in [2.24, 2.45) is 5.73 Å². The molecule has 2 N–H and O–H groups in total. The molecular formula is C12H15NO4. The number of ketones is 1. The van der Waals surface area contributed by atoms with Gasteiger partial charge in [-0.2, -0.15) is 0 Å². The molecule has 1 atom stereocenters. The van der Waals surface area contributed by atoms with Crippen molar-refractivity contribution in [1.29, 1.82) is 0 Å². The first kappa shape index (κ1) is 13.2. The van der Waals surface area contributed by atoms with Crippen LogP contribution >= 0.6 is 0 Å². The van der Waals surface area contributed by atoms with Gasteiger partial charge in [0.25, 0.3) is 0 Å². The third kappa shape index (κ3) is 5.12. The zero-order valence-corrected chi connectivity index (χ0v) is 9.59. The van der Waals surface area contributed by atoms with Gasteiger partial charge in [-0.15, -0.1) is 0 Å². The summed E-state index contributed by atoms with van der Waals surface area (Å²) in [6.07, 6.45) is -1.91. The number of carbonyl (C=O) groups is 2. The van der Waals surface area contributed by atoms with E-state index in [0.717, 1.165) is 5.56 Å². The molecule has 0 aliphatic carbocycles. The lowest BCUT2D eigenvalue weighted by Gasteiger charge is -2.13. The van der Waals surface area contributed by atoms with E-state index in [1.807, 2.05) is 30.3 Å². The van der Waals surface area contributed by atoms with E-state index >= 15 is 0 Å². The molecule has 0 fully saturated rings. The molecule has 1 rings (SSSR count). The summed E-state index contributed by atoms with van der Waals surface area (Å²) in [5, 5.41) is 0. The Balaban J connectivity index is 2.37. The third-order valence-electron chi connectivity index (χ3n) is 2.09. The molecular weight excluding hydrogens is 222 g/mol. The van der Waals surface area contributed by atoms with Crippen LogP contribution < -0.4 is 5.73 Å². The molecule has 0 heterocycles. The second-order valence-electron chi connectivity index (χ2n) is 3.54. The van der Waals surface area contributed by atoms with Crippen LogP contribution in [0.1, 0.15) is 12.5 Å². The fourth-order valence-corrected chi connectivity index (χ4v) is 1.23. The van der Waals surface area contributed by atoms with Crippen molar-refractivity contribution in [3.63, 3.8) is 0 Å². The molecule has 0 saturated carbocycles. The lowest BCUT2D eigenvalue weighted by Crippen LogP contribution is -2.32. The van der Waals surface area contributed by atoms with E-state index in [4.69, 9.17) is 10.5 Å². The summed E-state index contributed by atoms with van der Waals surface area (Å²) in [4.78, 5) is 21.6. The van der Waals surface area contributed by atoms with Crippen LogP contribution in [0.2, 0.25) is 0 Å². The van der Waals surface area contributed by atoms with Gasteiger partial charge in [0, 0.05) is 0 Å². The van der Waals surface area contributed by atoms with Crippen molar-refractivity contribution >= 4 is 11.9 Å². The Labute approximate surface area is 99.5 Å². The molecule has 0 aliphatic rings. The summed E-state index contributed by atoms with van der Waals surface area (Å²) in [6.45, 7) is 1.68. The smallest absolute Gasteiger partial charge is 0.405 e. The third-order valence-corrected chi connectivity index (χ3v) is 2.09. The van der Waals surface area contributed by atoms with Gasteiger partial charge in [0.1, 0.15) is 0 Å². The Morgan fingerprint density at radius 2 is 1.94 bits per heavy atom. The number of rotatable bonds is 6. The van der Waals surface area contributed by atoms with Crippen LogP contribution in [0.3, 0.4) is 0 Å². The highest BCUT2D eigenvalue weighted by atomic mass is 16.6. The number of ether oxygens (including phenoxy) is 2. The Morgan fingerprint density at radius 3 is 2.47 bits per heavy atom. The van der Waals surface area contributed by atoms with Crippen molar-refractivity contribution in [3.8, 4) is 0 Å². The molecule has 0 saturated heterocycles. The van der Waals surface area contributed by atoms with Crippen LogP contribution in [0.5, 0.6) is 0 Å². The highest BCUT2D eigenvalue weighted by Gasteiger charge is 2.17. The van der Waals surface area contributed by atoms with Gasteiger partial charge < -0.3 is 15.2 Å². The summed E-state index contributed by atoms with van der Waals surface area (Å²) in [5.41, 5.74) is 5.83. The number of benzene rings is 1. The second kappa shape index (κ2) is 6.65. The number of carbonyl (C=O) groups excluding carboxylic acids is 2. The molecule has 0 bridgehead atoms. The number of nitrogens with two attached hydrogens (primary N) is 1. The summed E-state index contributed by atoms with van der Waals surface area (Å²) in [6, 6.07) is 9.48. The van der Waals surface area contributed by atoms with Crippen LogP contribution in [-0.4, -0.2) is 24.6 Å². The van der Waals surface area contributed by atoms with E-state index in [0.29, 0.717) is 6.61 Å². The minimum Gasteiger partial charge on any atom is -0.436 e. The fraction of sp³-hybridized carbons (Fsp3) is 0.333. The first-order chi connectivity index (χ1) is 8.09. The Bertz CT molecular complexity index is 377. The maximum Gasteiger partial charge on any atom is 0.405 e. The van der Waals surface area contributed by atoms with Gasteiger partial charge in [-0.25, -0.2) is 4.79 Å². The number of hydrogen-bond acceptors (Lipinski definition) is 4. The van der Waals surface area contributed by atoms with Gasteiger partial charge in [-0.1, -0.05) is 30.3 Å². The van der Waals surface area contributed by atoms with Gasteiger partial charge >= 0.3 is 6.09 Å². The number of amides is 1. The van der Waals surface area contributed by atoms with E-state index in [9.17, 15) is 9.59 Å². The zero-order chi connectivity index (χ0) is 12.7. The largest absolute Gasteiger partial charge is 0.436 e. The van der Waals surface area contributed by atoms with E-state index in [2.05, 4.69) is 4.74 Å². The van der Waals surface area contributed by atoms with Gasteiger partial charge in [-0.05, 0) is 12.5 Å². The molecule has 92 valence electrons. The van der Waals surface area contributed by atoms with Crippen LogP contribution in [0.25, 0.3) is 0 Å². The van der Waals surface area contributed by atoms with Crippen molar-refractivity contribution < 1.29 is 19.1 Å². The maximum absolute atomic E-state index is 11.1. The molecule has 0 aromatic heterocycles. The number of Topliss-reactive ketones (excluding diaryl/α,β-unsaturated/α-hetero) is 1. The van der Waals surface area contributed by atoms with Gasteiger partial charge in [0.15, 0.2) is 11.9 Å². The fourth-order valence-electron chi connectivity index (χ4n) is 1.23. The Kier molecular flexibility index (Phi) is 5.16. The van der Waals surface area contributed by atoms with Crippen LogP contribution in [-0.2, 0) is 20.9 Å². The topological polar surface area (TPSA) is 78.6 Å². The lowest BCUT2D eigenvalue weighted by molar-refractivity contribution is -0.128. The summed E-state index contributed by atoms with van der Waals surface area (Å²) >= 11 is 0. The summed E-state index contributed by atoms with van der Waals surface area (Å²) in [7, 11) is 0. The average Bonchev–Trinajstić information content (AvgIpc) is 2.28. The molecule has 1 aromatic carbocycles. The Morgan fingerprint density at radius 1 is 1.29 bits per heavy atom. The molecule has 1 amide bonds. The highest BCUT2D eigenvalue weighted by Crippen LogP contribution is 2.02. The van der Waals surface area contributed by atoms with E-state index in [1.165, 1.54) is 6.92 Å². The van der Waals surface area contributed by atoms with Crippen molar-refractivity contribution in [2.75, 3.05) is 6.61 Å². The molecule has 1 unspecified atom stereocenters. The quantitative estimate of drug-likeness (QED) is 0.807. The van der Waals surface area contributed by atoms with Crippen LogP contribution in [0.15, 0.2) is 30.3 Å². The van der Waals surface area contributed by atoms with Crippen molar-refractivity contribution in [1.82, 2.24) is 0 Å². The van der Waals surface area contributed by atoms with E-state index in [-0.39, 0.29) is 12.4 Å². The predicted octanol–water partition coefficient (Wildman–Crippen LogP) is 1.26. The standard InChI is InChI=1S/C12H15NO4/c1-9(14)11(17-12(13)15)8-16-7-10-5-3-2-4-6-10/h2-6,11H,7-8H2,1H3,(H2,13,15). The number of hydrogen-bond donors (Lipinski definition) is 1. The second-order valence-corrected chi connectivity index (χ2v) is 3.54. The monoisotopic (exact) mass is 237 g/mol. The average molecular weight is 237 g/mol. The summed E-state index contributed by atoms with van der Waals surface area (Å²) < 4.78 is 9.90. The Hall–Kier alpha value is -1.88. The maximum atomic E-state index is 11.1. The normalized spacial score (nSPS) is 11.8. The SMILES string of the molecule is CC(=O)C(COCc1ccccc1)OC(N)=O. The first-order valence-corrected chi connectivity index (χ1v) is 5.18. The van der Waals surface area contributed by atoms with Gasteiger partial charge in [0.2, 0.25) is 0 Å². The molecule has 0 spiro atoms. The first-order valence-electron chi connectivity index (χ1n) is 5.18. The zero-order valence-electron chi connectivity index (χ0n) is 9.59. The molecule has 1 aromatic rings. The summed E-state index contributed by atoms with van der Waals surface area (Å²) in [5.74, 6) is -0.295. The van der Waals surface area contributed by atoms with Crippen LogP contribution in [0, 0.1) is 0 Å². The molecule has 17 heavy (non-hydrogen) atoms. The van der Waals surface area contributed by atoms with Gasteiger partial charge in [0.05, 0.1) is 13.2 Å². The van der Waals surface area contributed by atoms with Crippen molar-refractivity contribution in [3.05, 3.63) is 35.9 Å². The minimum absolute atomic E-state index is 0.00711. The lowest BCUT2D eigenvalue weighted by atomic mass is 10.2. The van der Waals surface area contributed by atoms with E-state index in [1.54, 1.807) is 0 Å². The van der Waals surface area contributed by atoms with Gasteiger partial charge in [-0.3, -0.25) is 4.79 Å². The molecule has 0 aliphatic heterocycles. The van der Waals surface area contributed by atoms with E-state index < -0.39 is 12.2 Å².